The van der Waals surface area contributed by atoms with Crippen molar-refractivity contribution in [1.82, 2.24) is 10.6 Å². The standard InChI is InChI=1S/C12H25FN2O3S/c1-9(2)14-4-5-17-6-7-18-10(3)11(13)8-15-12(16)19/h9-11,14H,4-8H2,1-3H3,(H2,15,16,19). The number of carbonyl (C=O) groups is 1. The third-order valence-corrected chi connectivity index (χ3v) is 2.52. The number of amides is 1. The zero-order valence-corrected chi connectivity index (χ0v) is 12.7. The highest BCUT2D eigenvalue weighted by Gasteiger charge is 2.16. The molecule has 0 heterocycles. The molecule has 0 saturated heterocycles. The van der Waals surface area contributed by atoms with E-state index in [9.17, 15) is 9.18 Å². The van der Waals surface area contributed by atoms with Gasteiger partial charge in [-0.3, -0.25) is 4.79 Å². The molecule has 0 spiro atoms. The van der Waals surface area contributed by atoms with E-state index in [2.05, 4.69) is 37.1 Å². The van der Waals surface area contributed by atoms with Gasteiger partial charge < -0.3 is 20.1 Å². The average Bonchev–Trinajstić information content (AvgIpc) is 2.33. The molecule has 2 N–H and O–H groups in total. The Labute approximate surface area is 120 Å². The summed E-state index contributed by atoms with van der Waals surface area (Å²) in [4.78, 5) is 10.5. The molecule has 0 radical (unpaired) electrons. The van der Waals surface area contributed by atoms with Crippen molar-refractivity contribution in [2.24, 2.45) is 0 Å². The van der Waals surface area contributed by atoms with Crippen LogP contribution in [-0.2, 0) is 9.47 Å². The second-order valence-electron chi connectivity index (χ2n) is 4.50. The summed E-state index contributed by atoms with van der Waals surface area (Å²) in [6.45, 7) is 7.80. The number of carbonyl (C=O) groups excluding carboxylic acids is 1. The van der Waals surface area contributed by atoms with Gasteiger partial charge in [-0.05, 0) is 6.92 Å². The Hall–Kier alpha value is -0.370. The molecule has 0 aliphatic heterocycles. The number of thiol groups is 1. The maximum Gasteiger partial charge on any atom is 0.276 e. The molecule has 114 valence electrons. The summed E-state index contributed by atoms with van der Waals surface area (Å²) in [5, 5.41) is 4.96. The lowest BCUT2D eigenvalue weighted by Crippen LogP contribution is -2.35. The van der Waals surface area contributed by atoms with E-state index in [4.69, 9.17) is 9.47 Å². The monoisotopic (exact) mass is 296 g/mol. The molecule has 0 aromatic carbocycles. The van der Waals surface area contributed by atoms with Crippen LogP contribution in [0.15, 0.2) is 0 Å². The van der Waals surface area contributed by atoms with Crippen LogP contribution in [-0.4, -0.2) is 56.5 Å². The fraction of sp³-hybridized carbons (Fsp3) is 0.917. The van der Waals surface area contributed by atoms with E-state index in [-0.39, 0.29) is 6.54 Å². The van der Waals surface area contributed by atoms with Crippen molar-refractivity contribution in [3.63, 3.8) is 0 Å². The largest absolute Gasteiger partial charge is 0.378 e. The molecule has 0 bridgehead atoms. The van der Waals surface area contributed by atoms with E-state index in [1.165, 1.54) is 0 Å². The van der Waals surface area contributed by atoms with Gasteiger partial charge in [0.25, 0.3) is 5.24 Å². The van der Waals surface area contributed by atoms with Gasteiger partial charge in [-0.1, -0.05) is 26.5 Å². The molecule has 2 atom stereocenters. The number of alkyl halides is 1. The smallest absolute Gasteiger partial charge is 0.276 e. The second kappa shape index (κ2) is 11.5. The Morgan fingerprint density at radius 3 is 2.53 bits per heavy atom. The first-order valence-electron chi connectivity index (χ1n) is 6.47. The Morgan fingerprint density at radius 1 is 1.26 bits per heavy atom. The summed E-state index contributed by atoms with van der Waals surface area (Å²) in [6, 6.07) is 0.439. The van der Waals surface area contributed by atoms with Crippen LogP contribution in [0.1, 0.15) is 20.8 Å². The Kier molecular flexibility index (Phi) is 11.2. The Morgan fingerprint density at radius 2 is 1.95 bits per heavy atom. The van der Waals surface area contributed by atoms with Crippen LogP contribution < -0.4 is 10.6 Å². The minimum atomic E-state index is -1.25. The first-order chi connectivity index (χ1) is 8.93. The number of rotatable bonds is 11. The molecule has 0 fully saturated rings. The highest BCUT2D eigenvalue weighted by atomic mass is 32.1. The zero-order valence-electron chi connectivity index (χ0n) is 11.8. The van der Waals surface area contributed by atoms with Gasteiger partial charge in [0.15, 0.2) is 0 Å². The van der Waals surface area contributed by atoms with Crippen LogP contribution in [0.25, 0.3) is 0 Å². The summed E-state index contributed by atoms with van der Waals surface area (Å²) < 4.78 is 24.0. The predicted molar refractivity (Wildman–Crippen MR) is 76.7 cm³/mol. The number of ether oxygens (including phenoxy) is 2. The fourth-order valence-electron chi connectivity index (χ4n) is 1.27. The molecule has 7 heteroatoms. The molecule has 0 aliphatic carbocycles. The molecule has 0 aliphatic rings. The van der Waals surface area contributed by atoms with Crippen molar-refractivity contribution in [3.8, 4) is 0 Å². The third kappa shape index (κ3) is 12.4. The zero-order chi connectivity index (χ0) is 14.7. The quantitative estimate of drug-likeness (QED) is 0.398. The lowest BCUT2D eigenvalue weighted by molar-refractivity contribution is -0.0199. The van der Waals surface area contributed by atoms with E-state index < -0.39 is 17.5 Å². The Balaban J connectivity index is 3.42. The number of halogens is 1. The van der Waals surface area contributed by atoms with Crippen LogP contribution >= 0.6 is 12.6 Å². The average molecular weight is 296 g/mol. The molecular weight excluding hydrogens is 271 g/mol. The summed E-state index contributed by atoms with van der Waals surface area (Å²) in [5.41, 5.74) is 0. The fourth-order valence-corrected chi connectivity index (χ4v) is 1.36. The minimum Gasteiger partial charge on any atom is -0.378 e. The van der Waals surface area contributed by atoms with Gasteiger partial charge in [0.2, 0.25) is 0 Å². The third-order valence-electron chi connectivity index (χ3n) is 2.37. The van der Waals surface area contributed by atoms with E-state index in [1.807, 2.05) is 0 Å². The molecular formula is C12H25FN2O3S. The first kappa shape index (κ1) is 18.6. The van der Waals surface area contributed by atoms with Crippen molar-refractivity contribution < 1.29 is 18.7 Å². The highest BCUT2D eigenvalue weighted by molar-refractivity contribution is 7.96. The lowest BCUT2D eigenvalue weighted by atomic mass is 10.2. The van der Waals surface area contributed by atoms with Crippen molar-refractivity contribution in [2.75, 3.05) is 32.9 Å². The number of nitrogens with one attached hydrogen (secondary N) is 2. The molecule has 0 saturated carbocycles. The Bertz CT molecular complexity index is 245. The van der Waals surface area contributed by atoms with E-state index >= 15 is 0 Å². The van der Waals surface area contributed by atoms with Crippen LogP contribution in [0.2, 0.25) is 0 Å². The molecule has 1 amide bonds. The molecule has 19 heavy (non-hydrogen) atoms. The summed E-state index contributed by atoms with van der Waals surface area (Å²) >= 11 is 3.49. The summed E-state index contributed by atoms with van der Waals surface area (Å²) in [7, 11) is 0. The first-order valence-corrected chi connectivity index (χ1v) is 6.91. The second-order valence-corrected chi connectivity index (χ2v) is 4.91. The van der Waals surface area contributed by atoms with Gasteiger partial charge >= 0.3 is 0 Å². The van der Waals surface area contributed by atoms with Crippen molar-refractivity contribution in [3.05, 3.63) is 0 Å². The maximum atomic E-state index is 13.5. The summed E-state index contributed by atoms with van der Waals surface area (Å²) in [6.07, 6.45) is -1.84. The normalized spacial score (nSPS) is 14.4. The van der Waals surface area contributed by atoms with Gasteiger partial charge in [-0.15, -0.1) is 0 Å². The number of hydrogen-bond acceptors (Lipinski definition) is 4. The molecule has 2 unspecified atom stereocenters. The van der Waals surface area contributed by atoms with Gasteiger partial charge in [-0.25, -0.2) is 4.39 Å². The van der Waals surface area contributed by atoms with Crippen LogP contribution in [0.5, 0.6) is 0 Å². The van der Waals surface area contributed by atoms with Crippen LogP contribution in [0.3, 0.4) is 0 Å². The minimum absolute atomic E-state index is 0.0946. The maximum absolute atomic E-state index is 13.5. The van der Waals surface area contributed by atoms with Gasteiger partial charge in [0.1, 0.15) is 6.17 Å². The van der Waals surface area contributed by atoms with Gasteiger partial charge in [0, 0.05) is 12.6 Å². The van der Waals surface area contributed by atoms with Gasteiger partial charge in [-0.2, -0.15) is 0 Å². The van der Waals surface area contributed by atoms with E-state index in [0.29, 0.717) is 25.9 Å². The molecule has 0 aromatic rings. The van der Waals surface area contributed by atoms with Crippen molar-refractivity contribution in [2.45, 2.75) is 39.1 Å². The van der Waals surface area contributed by atoms with E-state index in [0.717, 1.165) is 6.54 Å². The topological polar surface area (TPSA) is 59.6 Å². The molecule has 0 rings (SSSR count). The SMILES string of the molecule is CC(C)NCCOCCOC(C)C(F)CNC(=O)S. The lowest BCUT2D eigenvalue weighted by Gasteiger charge is -2.17. The highest BCUT2D eigenvalue weighted by Crippen LogP contribution is 2.02. The van der Waals surface area contributed by atoms with Gasteiger partial charge in [0.05, 0.1) is 32.5 Å². The molecule has 5 nitrogen and oxygen atoms in total. The predicted octanol–water partition coefficient (Wildman–Crippen LogP) is 1.38. The van der Waals surface area contributed by atoms with Crippen molar-refractivity contribution >= 4 is 17.9 Å². The number of hydrogen-bond donors (Lipinski definition) is 3. The van der Waals surface area contributed by atoms with Crippen LogP contribution in [0.4, 0.5) is 9.18 Å². The van der Waals surface area contributed by atoms with Crippen molar-refractivity contribution in [1.29, 1.82) is 0 Å². The summed E-state index contributed by atoms with van der Waals surface area (Å²) in [5.74, 6) is 0. The van der Waals surface area contributed by atoms with E-state index in [1.54, 1.807) is 6.92 Å². The molecule has 0 aromatic heterocycles. The van der Waals surface area contributed by atoms with Crippen LogP contribution in [0, 0.1) is 0 Å².